The van der Waals surface area contributed by atoms with Crippen LogP contribution in [0, 0.1) is 0 Å². The summed E-state index contributed by atoms with van der Waals surface area (Å²) in [5, 5.41) is 0.641. The molecule has 1 aliphatic rings. The van der Waals surface area contributed by atoms with Crippen molar-refractivity contribution in [3.8, 4) is 5.75 Å². The van der Waals surface area contributed by atoms with Crippen LogP contribution >= 0.6 is 11.6 Å². The zero-order chi connectivity index (χ0) is 13.5. The first-order valence-corrected chi connectivity index (χ1v) is 6.87. The van der Waals surface area contributed by atoms with Crippen molar-refractivity contribution in [1.82, 2.24) is 4.90 Å². The molecular formula is C14H20ClNO3. The smallest absolute Gasteiger partial charge is 0.138 e. The second-order valence-corrected chi connectivity index (χ2v) is 4.91. The Labute approximate surface area is 119 Å². The van der Waals surface area contributed by atoms with Gasteiger partial charge in [0.2, 0.25) is 0 Å². The second-order valence-electron chi connectivity index (χ2n) is 4.50. The molecule has 1 aliphatic heterocycles. The van der Waals surface area contributed by atoms with Gasteiger partial charge in [-0.05, 0) is 17.7 Å². The van der Waals surface area contributed by atoms with E-state index in [1.807, 2.05) is 18.2 Å². The van der Waals surface area contributed by atoms with Crippen LogP contribution in [0.1, 0.15) is 5.56 Å². The van der Waals surface area contributed by atoms with Crippen molar-refractivity contribution in [2.24, 2.45) is 0 Å². The van der Waals surface area contributed by atoms with Crippen LogP contribution in [0.3, 0.4) is 0 Å². The van der Waals surface area contributed by atoms with E-state index in [1.165, 1.54) is 0 Å². The number of benzene rings is 1. The van der Waals surface area contributed by atoms with E-state index in [0.29, 0.717) is 18.2 Å². The van der Waals surface area contributed by atoms with Crippen molar-refractivity contribution in [2.45, 2.75) is 6.61 Å². The first kappa shape index (κ1) is 14.6. The summed E-state index contributed by atoms with van der Waals surface area (Å²) in [5.74, 6) is 0.726. The number of methoxy groups -OCH3 is 1. The van der Waals surface area contributed by atoms with Gasteiger partial charge in [-0.25, -0.2) is 0 Å². The summed E-state index contributed by atoms with van der Waals surface area (Å²) in [6, 6.07) is 5.73. The first-order valence-electron chi connectivity index (χ1n) is 6.50. The van der Waals surface area contributed by atoms with E-state index < -0.39 is 0 Å². The number of hydrogen-bond donors (Lipinski definition) is 0. The quantitative estimate of drug-likeness (QED) is 0.802. The normalized spacial score (nSPS) is 16.5. The Kier molecular flexibility index (Phi) is 5.92. The highest BCUT2D eigenvalue weighted by Crippen LogP contribution is 2.25. The highest BCUT2D eigenvalue weighted by molar-refractivity contribution is 6.32. The monoisotopic (exact) mass is 285 g/mol. The lowest BCUT2D eigenvalue weighted by Crippen LogP contribution is -2.38. The summed E-state index contributed by atoms with van der Waals surface area (Å²) < 4.78 is 16.2. The maximum absolute atomic E-state index is 6.12. The van der Waals surface area contributed by atoms with Gasteiger partial charge < -0.3 is 14.2 Å². The van der Waals surface area contributed by atoms with Crippen LogP contribution in [-0.4, -0.2) is 51.5 Å². The Hall–Kier alpha value is -0.810. The van der Waals surface area contributed by atoms with Crippen molar-refractivity contribution < 1.29 is 14.2 Å². The van der Waals surface area contributed by atoms with Gasteiger partial charge >= 0.3 is 0 Å². The molecule has 1 fully saturated rings. The summed E-state index contributed by atoms with van der Waals surface area (Å²) in [6.45, 7) is 5.66. The van der Waals surface area contributed by atoms with Gasteiger partial charge in [-0.2, -0.15) is 0 Å². The lowest BCUT2D eigenvalue weighted by Gasteiger charge is -2.26. The van der Waals surface area contributed by atoms with Gasteiger partial charge in [-0.15, -0.1) is 0 Å². The molecule has 4 nitrogen and oxygen atoms in total. The van der Waals surface area contributed by atoms with Crippen molar-refractivity contribution in [3.63, 3.8) is 0 Å². The molecule has 5 heteroatoms. The molecule has 1 heterocycles. The molecule has 0 aromatic heterocycles. The van der Waals surface area contributed by atoms with E-state index >= 15 is 0 Å². The highest BCUT2D eigenvalue weighted by atomic mass is 35.5. The van der Waals surface area contributed by atoms with Crippen LogP contribution in [0.15, 0.2) is 18.2 Å². The van der Waals surface area contributed by atoms with Crippen LogP contribution in [0.4, 0.5) is 0 Å². The molecule has 0 atom stereocenters. The fraction of sp³-hybridized carbons (Fsp3) is 0.571. The third-order valence-electron chi connectivity index (χ3n) is 3.08. The fourth-order valence-corrected chi connectivity index (χ4v) is 2.20. The summed E-state index contributed by atoms with van der Waals surface area (Å²) in [7, 11) is 1.67. The lowest BCUT2D eigenvalue weighted by molar-refractivity contribution is 0.0322. The Morgan fingerprint density at radius 1 is 1.32 bits per heavy atom. The largest absolute Gasteiger partial charge is 0.491 e. The number of morpholine rings is 1. The van der Waals surface area contributed by atoms with Crippen molar-refractivity contribution in [2.75, 3.05) is 46.6 Å². The minimum Gasteiger partial charge on any atom is -0.491 e. The minimum absolute atomic E-state index is 0.566. The SMILES string of the molecule is COCc1ccc(Cl)c(OCCN2CCOCC2)c1. The van der Waals surface area contributed by atoms with Crippen LogP contribution in [0.2, 0.25) is 5.02 Å². The Bertz CT molecular complexity index is 394. The first-order chi connectivity index (χ1) is 9.29. The molecular weight excluding hydrogens is 266 g/mol. The predicted octanol–water partition coefficient (Wildman–Crippen LogP) is 2.20. The van der Waals surface area contributed by atoms with E-state index in [9.17, 15) is 0 Å². The molecule has 0 bridgehead atoms. The molecule has 106 valence electrons. The molecule has 2 rings (SSSR count). The molecule has 0 amide bonds. The molecule has 0 aliphatic carbocycles. The molecule has 1 aromatic rings. The maximum Gasteiger partial charge on any atom is 0.138 e. The summed E-state index contributed by atoms with van der Waals surface area (Å²) in [4.78, 5) is 2.33. The lowest BCUT2D eigenvalue weighted by atomic mass is 10.2. The highest BCUT2D eigenvalue weighted by Gasteiger charge is 2.10. The fourth-order valence-electron chi connectivity index (χ4n) is 2.02. The summed E-state index contributed by atoms with van der Waals surface area (Å²) >= 11 is 6.12. The summed E-state index contributed by atoms with van der Waals surface area (Å²) in [5.41, 5.74) is 1.06. The molecule has 0 saturated carbocycles. The Morgan fingerprint density at radius 3 is 2.84 bits per heavy atom. The van der Waals surface area contributed by atoms with E-state index in [1.54, 1.807) is 7.11 Å². The third-order valence-corrected chi connectivity index (χ3v) is 3.39. The maximum atomic E-state index is 6.12. The zero-order valence-electron chi connectivity index (χ0n) is 11.2. The second kappa shape index (κ2) is 7.70. The molecule has 1 aromatic carbocycles. The van der Waals surface area contributed by atoms with Crippen LogP contribution < -0.4 is 4.74 Å². The van der Waals surface area contributed by atoms with Gasteiger partial charge in [0.25, 0.3) is 0 Å². The number of hydrogen-bond acceptors (Lipinski definition) is 4. The number of halogens is 1. The van der Waals surface area contributed by atoms with Crippen LogP contribution in [0.25, 0.3) is 0 Å². The van der Waals surface area contributed by atoms with Gasteiger partial charge in [-0.1, -0.05) is 17.7 Å². The molecule has 0 N–H and O–H groups in total. The van der Waals surface area contributed by atoms with Crippen molar-refractivity contribution >= 4 is 11.6 Å². The Balaban J connectivity index is 1.82. The standard InChI is InChI=1S/C14H20ClNO3/c1-17-11-12-2-3-13(15)14(10-12)19-9-6-16-4-7-18-8-5-16/h2-3,10H,4-9,11H2,1H3. The van der Waals surface area contributed by atoms with Crippen molar-refractivity contribution in [3.05, 3.63) is 28.8 Å². The number of rotatable bonds is 6. The topological polar surface area (TPSA) is 30.9 Å². The third kappa shape index (κ3) is 4.66. The Morgan fingerprint density at radius 2 is 2.11 bits per heavy atom. The average Bonchev–Trinajstić information content (AvgIpc) is 2.44. The molecule has 0 unspecified atom stereocenters. The van der Waals surface area contributed by atoms with E-state index in [4.69, 9.17) is 25.8 Å². The summed E-state index contributed by atoms with van der Waals surface area (Å²) in [6.07, 6.45) is 0. The zero-order valence-corrected chi connectivity index (χ0v) is 12.0. The average molecular weight is 286 g/mol. The van der Waals surface area contributed by atoms with E-state index in [2.05, 4.69) is 4.90 Å². The molecule has 19 heavy (non-hydrogen) atoms. The van der Waals surface area contributed by atoms with Gasteiger partial charge in [0.05, 0.1) is 24.8 Å². The van der Waals surface area contributed by atoms with Gasteiger partial charge in [0, 0.05) is 26.7 Å². The number of ether oxygens (including phenoxy) is 3. The van der Waals surface area contributed by atoms with Gasteiger partial charge in [-0.3, -0.25) is 4.90 Å². The molecule has 1 saturated heterocycles. The molecule has 0 radical (unpaired) electrons. The predicted molar refractivity (Wildman–Crippen MR) is 74.9 cm³/mol. The van der Waals surface area contributed by atoms with Gasteiger partial charge in [0.1, 0.15) is 12.4 Å². The number of nitrogens with zero attached hydrogens (tertiary/aromatic N) is 1. The van der Waals surface area contributed by atoms with Gasteiger partial charge in [0.15, 0.2) is 0 Å². The van der Waals surface area contributed by atoms with E-state index in [-0.39, 0.29) is 0 Å². The van der Waals surface area contributed by atoms with Crippen LogP contribution in [-0.2, 0) is 16.1 Å². The van der Waals surface area contributed by atoms with E-state index in [0.717, 1.165) is 44.2 Å². The minimum atomic E-state index is 0.566. The molecule has 0 spiro atoms. The van der Waals surface area contributed by atoms with Crippen molar-refractivity contribution in [1.29, 1.82) is 0 Å². The van der Waals surface area contributed by atoms with Crippen LogP contribution in [0.5, 0.6) is 5.75 Å².